The highest BCUT2D eigenvalue weighted by Crippen LogP contribution is 2.35. The number of hydrogen-bond donors (Lipinski definition) is 1. The average Bonchev–Trinajstić information content (AvgIpc) is 3.04. The van der Waals surface area contributed by atoms with Crippen LogP contribution in [0.25, 0.3) is 0 Å². The van der Waals surface area contributed by atoms with Crippen LogP contribution in [-0.4, -0.2) is 45.9 Å². The van der Waals surface area contributed by atoms with E-state index < -0.39 is 28.0 Å². The Labute approximate surface area is 192 Å². The van der Waals surface area contributed by atoms with Crippen LogP contribution in [0.1, 0.15) is 43.0 Å². The van der Waals surface area contributed by atoms with Crippen LogP contribution in [0.2, 0.25) is 0 Å². The second kappa shape index (κ2) is 9.22. The predicted molar refractivity (Wildman–Crippen MR) is 123 cm³/mol. The molecule has 174 valence electrons. The third-order valence-corrected chi connectivity index (χ3v) is 6.94. The number of carbonyl (C=O) groups is 2. The number of methoxy groups -OCH3 is 1. The van der Waals surface area contributed by atoms with E-state index in [-0.39, 0.29) is 10.5 Å². The van der Waals surface area contributed by atoms with Crippen LogP contribution in [-0.2, 0) is 19.6 Å². The Morgan fingerprint density at radius 2 is 1.91 bits per heavy atom. The fraction of sp³-hybridized carbons (Fsp3) is 0.348. The van der Waals surface area contributed by atoms with Crippen molar-refractivity contribution >= 4 is 39.1 Å². The number of amidine groups is 1. The molecule has 0 aliphatic carbocycles. The third kappa shape index (κ3) is 4.70. The minimum Gasteiger partial charge on any atom is -0.495 e. The largest absolute Gasteiger partial charge is 0.495 e. The number of ether oxygens (including phenoxy) is 2. The maximum atomic E-state index is 12.8. The van der Waals surface area contributed by atoms with Crippen LogP contribution in [0.4, 0.5) is 11.4 Å². The lowest BCUT2D eigenvalue weighted by Crippen LogP contribution is -2.35. The van der Waals surface area contributed by atoms with Crippen LogP contribution in [0.5, 0.6) is 5.75 Å². The molecule has 1 N–H and O–H groups in total. The van der Waals surface area contributed by atoms with E-state index in [0.717, 1.165) is 19.3 Å². The van der Waals surface area contributed by atoms with Crippen LogP contribution in [0, 0.1) is 0 Å². The van der Waals surface area contributed by atoms with Crippen molar-refractivity contribution in [1.29, 1.82) is 0 Å². The molecule has 1 amide bonds. The van der Waals surface area contributed by atoms with Gasteiger partial charge in [-0.3, -0.25) is 4.79 Å². The van der Waals surface area contributed by atoms with Gasteiger partial charge in [-0.25, -0.2) is 4.79 Å². The molecule has 0 unspecified atom stereocenters. The van der Waals surface area contributed by atoms with Crippen LogP contribution >= 0.6 is 0 Å². The topological polar surface area (TPSA) is 114 Å². The molecule has 2 aromatic rings. The molecule has 2 aliphatic heterocycles. The second-order valence-electron chi connectivity index (χ2n) is 7.86. The Morgan fingerprint density at radius 1 is 1.12 bits per heavy atom. The van der Waals surface area contributed by atoms with Gasteiger partial charge in [0.1, 0.15) is 16.5 Å². The van der Waals surface area contributed by atoms with Crippen molar-refractivity contribution in [2.75, 3.05) is 23.9 Å². The molecule has 4 rings (SSSR count). The monoisotopic (exact) mass is 471 g/mol. The Hall–Kier alpha value is -3.40. The van der Waals surface area contributed by atoms with Crippen molar-refractivity contribution in [3.8, 4) is 5.75 Å². The Bertz CT molecular complexity index is 1220. The van der Waals surface area contributed by atoms with Crippen LogP contribution < -0.4 is 15.0 Å². The molecule has 10 heteroatoms. The number of hydrogen-bond acceptors (Lipinski definition) is 7. The van der Waals surface area contributed by atoms with E-state index in [1.54, 1.807) is 30.3 Å². The summed E-state index contributed by atoms with van der Waals surface area (Å²) in [5, 5.41) is 2.66. The lowest BCUT2D eigenvalue weighted by atomic mass is 10.1. The van der Waals surface area contributed by atoms with E-state index in [1.807, 2.05) is 4.90 Å². The summed E-state index contributed by atoms with van der Waals surface area (Å²) in [7, 11) is -2.45. The normalized spacial score (nSPS) is 17.5. The van der Waals surface area contributed by atoms with Crippen molar-refractivity contribution in [3.05, 3.63) is 48.0 Å². The van der Waals surface area contributed by atoms with Crippen molar-refractivity contribution in [2.45, 2.75) is 43.6 Å². The van der Waals surface area contributed by atoms with Crippen molar-refractivity contribution in [2.24, 2.45) is 4.40 Å². The van der Waals surface area contributed by atoms with Crippen LogP contribution in [0.15, 0.2) is 51.8 Å². The number of nitrogens with zero attached hydrogens (tertiary/aromatic N) is 2. The Kier molecular flexibility index (Phi) is 6.37. The zero-order valence-electron chi connectivity index (χ0n) is 18.4. The average molecular weight is 472 g/mol. The van der Waals surface area contributed by atoms with E-state index in [1.165, 1.54) is 26.2 Å². The lowest BCUT2D eigenvalue weighted by Gasteiger charge is -2.29. The van der Waals surface area contributed by atoms with Gasteiger partial charge in [0.15, 0.2) is 6.10 Å². The maximum Gasteiger partial charge on any atom is 0.338 e. The summed E-state index contributed by atoms with van der Waals surface area (Å²) in [4.78, 5) is 27.1. The van der Waals surface area contributed by atoms with E-state index in [9.17, 15) is 18.0 Å². The van der Waals surface area contributed by atoms with E-state index in [0.29, 0.717) is 35.9 Å². The number of rotatable bonds is 5. The third-order valence-electron chi connectivity index (χ3n) is 5.60. The van der Waals surface area contributed by atoms with Crippen molar-refractivity contribution < 1.29 is 27.5 Å². The van der Waals surface area contributed by atoms with Gasteiger partial charge in [0.25, 0.3) is 15.9 Å². The summed E-state index contributed by atoms with van der Waals surface area (Å²) in [5.74, 6) is -0.340. The molecule has 0 bridgehead atoms. The molecule has 0 radical (unpaired) electrons. The zero-order chi connectivity index (χ0) is 23.6. The van der Waals surface area contributed by atoms with Gasteiger partial charge < -0.3 is 19.7 Å². The molecule has 2 aromatic carbocycles. The summed E-state index contributed by atoms with van der Waals surface area (Å²) in [6.07, 6.45) is 2.30. The number of esters is 1. The van der Waals surface area contributed by atoms with E-state index >= 15 is 0 Å². The molecule has 2 heterocycles. The van der Waals surface area contributed by atoms with Crippen LogP contribution in [0.3, 0.4) is 0 Å². The molecular formula is C23H25N3O6S. The molecule has 2 aliphatic rings. The van der Waals surface area contributed by atoms with Gasteiger partial charge in [-0.15, -0.1) is 4.40 Å². The first-order valence-corrected chi connectivity index (χ1v) is 12.1. The highest BCUT2D eigenvalue weighted by atomic mass is 32.2. The number of nitrogens with one attached hydrogen (secondary N) is 1. The second-order valence-corrected chi connectivity index (χ2v) is 9.44. The molecular weight excluding hydrogens is 446 g/mol. The number of anilines is 2. The molecule has 1 saturated heterocycles. The van der Waals surface area contributed by atoms with Crippen molar-refractivity contribution in [1.82, 2.24) is 0 Å². The molecule has 1 fully saturated rings. The number of benzene rings is 2. The summed E-state index contributed by atoms with van der Waals surface area (Å²) >= 11 is 0. The fourth-order valence-corrected chi connectivity index (χ4v) is 5.16. The zero-order valence-corrected chi connectivity index (χ0v) is 19.2. The fourth-order valence-electron chi connectivity index (χ4n) is 3.87. The number of amides is 1. The van der Waals surface area contributed by atoms with Gasteiger partial charge in [0.05, 0.1) is 24.0 Å². The SMILES string of the molecule is COc1ccccc1NC(=O)[C@H](C)OC(=O)c1ccc2c(c1)S(=O)(=O)N=C1CCCCCN12. The molecule has 0 aromatic heterocycles. The highest BCUT2D eigenvalue weighted by Gasteiger charge is 2.32. The maximum absolute atomic E-state index is 12.8. The standard InChI is InChI=1S/C23H25N3O6S/c1-15(22(27)24-17-8-5-6-9-19(17)31-2)32-23(28)16-11-12-18-20(14-16)33(29,30)25-21-10-4-3-7-13-26(18)21/h5-6,8-9,11-12,14-15H,3-4,7,10,13H2,1-2H3,(H,24,27)/t15-/m0/s1. The number of fused-ring (bicyclic) bond motifs is 3. The number of sulfonamides is 1. The molecule has 33 heavy (non-hydrogen) atoms. The summed E-state index contributed by atoms with van der Waals surface area (Å²) in [6.45, 7) is 2.11. The quantitative estimate of drug-likeness (QED) is 0.665. The molecule has 1 atom stereocenters. The number of carbonyl (C=O) groups excluding carboxylic acids is 2. The summed E-state index contributed by atoms with van der Waals surface area (Å²) in [5.41, 5.74) is 0.988. The minimum absolute atomic E-state index is 0.0303. The van der Waals surface area contributed by atoms with Gasteiger partial charge >= 0.3 is 5.97 Å². The van der Waals surface area contributed by atoms with E-state index in [2.05, 4.69) is 9.71 Å². The van der Waals surface area contributed by atoms with Gasteiger partial charge in [0, 0.05) is 13.0 Å². The first kappa shape index (κ1) is 22.8. The Morgan fingerprint density at radius 3 is 2.70 bits per heavy atom. The van der Waals surface area contributed by atoms with Gasteiger partial charge in [-0.05, 0) is 50.1 Å². The van der Waals surface area contributed by atoms with Gasteiger partial charge in [-0.1, -0.05) is 18.6 Å². The minimum atomic E-state index is -3.93. The summed E-state index contributed by atoms with van der Waals surface area (Å²) < 4.78 is 40.0. The van der Waals surface area contributed by atoms with E-state index in [4.69, 9.17) is 9.47 Å². The molecule has 0 saturated carbocycles. The smallest absolute Gasteiger partial charge is 0.338 e. The lowest BCUT2D eigenvalue weighted by molar-refractivity contribution is -0.123. The molecule has 9 nitrogen and oxygen atoms in total. The van der Waals surface area contributed by atoms with Gasteiger partial charge in [0.2, 0.25) is 0 Å². The first-order valence-electron chi connectivity index (χ1n) is 10.7. The van der Waals surface area contributed by atoms with Gasteiger partial charge in [-0.2, -0.15) is 8.42 Å². The first-order chi connectivity index (χ1) is 15.8. The predicted octanol–water partition coefficient (Wildman–Crippen LogP) is 3.36. The van der Waals surface area contributed by atoms with Crippen molar-refractivity contribution in [3.63, 3.8) is 0 Å². The molecule has 0 spiro atoms. The number of para-hydroxylation sites is 2. The summed E-state index contributed by atoms with van der Waals surface area (Å²) in [6, 6.07) is 11.2. The Balaban J connectivity index is 1.51. The highest BCUT2D eigenvalue weighted by molar-refractivity contribution is 7.90.